The molecule has 2 N–H and O–H groups in total. The van der Waals surface area contributed by atoms with E-state index < -0.39 is 12.0 Å². The van der Waals surface area contributed by atoms with Gasteiger partial charge in [-0.15, -0.1) is 0 Å². The average Bonchev–Trinajstić information content (AvgIpc) is 2.54. The number of hydrogen-bond acceptors (Lipinski definition) is 4. The molecule has 5 nitrogen and oxygen atoms in total. The highest BCUT2D eigenvalue weighted by Gasteiger charge is 2.34. The molecule has 0 saturated carbocycles. The second-order valence-corrected chi connectivity index (χ2v) is 4.36. The third-order valence-electron chi connectivity index (χ3n) is 3.21. The molecular formula is C10H18N2O3. The van der Waals surface area contributed by atoms with E-state index in [9.17, 15) is 4.79 Å². The molecule has 2 rings (SSSR count). The standard InChI is InChI=1S/C10H18N2O3/c1-11-9(10(13)14)6-12-4-7-2-3-8(5-12)15-7/h7-9,11H,2-6H2,1H3,(H,13,14). The van der Waals surface area contributed by atoms with Gasteiger partial charge in [-0.05, 0) is 19.9 Å². The first-order valence-corrected chi connectivity index (χ1v) is 5.47. The smallest absolute Gasteiger partial charge is 0.322 e. The molecule has 2 aliphatic rings. The minimum atomic E-state index is -0.781. The van der Waals surface area contributed by atoms with E-state index >= 15 is 0 Å². The summed E-state index contributed by atoms with van der Waals surface area (Å²) < 4.78 is 5.69. The van der Waals surface area contributed by atoms with Crippen molar-refractivity contribution in [3.63, 3.8) is 0 Å². The molecule has 0 amide bonds. The Kier molecular flexibility index (Phi) is 3.23. The van der Waals surface area contributed by atoms with Crippen molar-refractivity contribution in [1.82, 2.24) is 10.2 Å². The predicted molar refractivity (Wildman–Crippen MR) is 54.8 cm³/mol. The zero-order valence-corrected chi connectivity index (χ0v) is 8.98. The Labute approximate surface area is 89.4 Å². The van der Waals surface area contributed by atoms with E-state index in [1.807, 2.05) is 0 Å². The lowest BCUT2D eigenvalue weighted by molar-refractivity contribution is -0.140. The topological polar surface area (TPSA) is 61.8 Å². The van der Waals surface area contributed by atoms with Gasteiger partial charge in [0.1, 0.15) is 6.04 Å². The fourth-order valence-corrected chi connectivity index (χ4v) is 2.40. The van der Waals surface area contributed by atoms with Gasteiger partial charge in [-0.25, -0.2) is 0 Å². The number of nitrogens with one attached hydrogen (secondary N) is 1. The highest BCUT2D eigenvalue weighted by molar-refractivity contribution is 5.73. The van der Waals surface area contributed by atoms with Gasteiger partial charge in [0.2, 0.25) is 0 Å². The predicted octanol–water partition coefficient (Wildman–Crippen LogP) is -0.478. The number of likely N-dealkylation sites (N-methyl/N-ethyl adjacent to an activating group) is 1. The second kappa shape index (κ2) is 4.47. The molecule has 2 heterocycles. The first-order valence-electron chi connectivity index (χ1n) is 5.47. The molecule has 2 fully saturated rings. The van der Waals surface area contributed by atoms with E-state index in [0.29, 0.717) is 18.8 Å². The van der Waals surface area contributed by atoms with Crippen molar-refractivity contribution in [2.75, 3.05) is 26.7 Å². The maximum absolute atomic E-state index is 10.9. The molecule has 3 atom stereocenters. The molecule has 0 aromatic rings. The summed E-state index contributed by atoms with van der Waals surface area (Å²) >= 11 is 0. The van der Waals surface area contributed by atoms with Crippen LogP contribution < -0.4 is 5.32 Å². The minimum absolute atomic E-state index is 0.329. The highest BCUT2D eigenvalue weighted by atomic mass is 16.5. The Morgan fingerprint density at radius 3 is 2.60 bits per heavy atom. The van der Waals surface area contributed by atoms with E-state index in [1.54, 1.807) is 7.05 Å². The molecule has 86 valence electrons. The summed E-state index contributed by atoms with van der Waals surface area (Å²) in [6.07, 6.45) is 2.90. The number of carboxylic acid groups (broad SMARTS) is 1. The largest absolute Gasteiger partial charge is 0.480 e. The third kappa shape index (κ3) is 2.48. The number of hydrogen-bond donors (Lipinski definition) is 2. The van der Waals surface area contributed by atoms with Crippen molar-refractivity contribution in [3.05, 3.63) is 0 Å². The quantitative estimate of drug-likeness (QED) is 0.662. The van der Waals surface area contributed by atoms with Crippen molar-refractivity contribution < 1.29 is 14.6 Å². The van der Waals surface area contributed by atoms with E-state index in [2.05, 4.69) is 10.2 Å². The van der Waals surface area contributed by atoms with Crippen molar-refractivity contribution >= 4 is 5.97 Å². The molecule has 2 saturated heterocycles. The van der Waals surface area contributed by atoms with Gasteiger partial charge in [-0.2, -0.15) is 0 Å². The van der Waals surface area contributed by atoms with Crippen LogP contribution in [-0.2, 0) is 9.53 Å². The molecule has 0 aromatic heterocycles. The van der Waals surface area contributed by atoms with Crippen molar-refractivity contribution in [2.45, 2.75) is 31.1 Å². The van der Waals surface area contributed by atoms with Crippen LogP contribution in [0.1, 0.15) is 12.8 Å². The maximum Gasteiger partial charge on any atom is 0.322 e. The summed E-state index contributed by atoms with van der Waals surface area (Å²) in [4.78, 5) is 13.1. The number of aliphatic carboxylic acids is 1. The van der Waals surface area contributed by atoms with Crippen LogP contribution in [0.4, 0.5) is 0 Å². The first kappa shape index (κ1) is 10.9. The number of morpholine rings is 1. The number of carboxylic acids is 1. The Balaban J connectivity index is 1.86. The summed E-state index contributed by atoms with van der Waals surface area (Å²) in [7, 11) is 1.69. The summed E-state index contributed by atoms with van der Waals surface area (Å²) in [5.41, 5.74) is 0. The number of fused-ring (bicyclic) bond motifs is 2. The Bertz CT molecular complexity index is 235. The third-order valence-corrected chi connectivity index (χ3v) is 3.21. The molecule has 2 bridgehead atoms. The molecule has 0 spiro atoms. The molecular weight excluding hydrogens is 196 g/mol. The summed E-state index contributed by atoms with van der Waals surface area (Å²) in [5.74, 6) is -0.781. The second-order valence-electron chi connectivity index (χ2n) is 4.36. The summed E-state index contributed by atoms with van der Waals surface area (Å²) in [6, 6.07) is -0.470. The fourth-order valence-electron chi connectivity index (χ4n) is 2.40. The van der Waals surface area contributed by atoms with Gasteiger partial charge in [0, 0.05) is 19.6 Å². The number of rotatable bonds is 4. The first-order chi connectivity index (χ1) is 7.19. The molecule has 0 radical (unpaired) electrons. The molecule has 0 aliphatic carbocycles. The number of likely N-dealkylation sites (tertiary alicyclic amines) is 1. The monoisotopic (exact) mass is 214 g/mol. The van der Waals surface area contributed by atoms with Crippen LogP contribution in [0.3, 0.4) is 0 Å². The lowest BCUT2D eigenvalue weighted by atomic mass is 10.2. The summed E-state index contributed by atoms with van der Waals surface area (Å²) in [6.45, 7) is 2.33. The van der Waals surface area contributed by atoms with Gasteiger partial charge in [-0.1, -0.05) is 0 Å². The van der Waals surface area contributed by atoms with Gasteiger partial charge < -0.3 is 15.2 Å². The van der Waals surface area contributed by atoms with Crippen LogP contribution in [-0.4, -0.2) is 60.9 Å². The van der Waals surface area contributed by atoms with Crippen LogP contribution in [0.15, 0.2) is 0 Å². The van der Waals surface area contributed by atoms with E-state index in [1.165, 1.54) is 0 Å². The lowest BCUT2D eigenvalue weighted by Gasteiger charge is -2.33. The normalized spacial score (nSPS) is 32.9. The Hall–Kier alpha value is -0.650. The zero-order valence-electron chi connectivity index (χ0n) is 8.98. The van der Waals surface area contributed by atoms with E-state index in [-0.39, 0.29) is 0 Å². The number of ether oxygens (including phenoxy) is 1. The molecule has 15 heavy (non-hydrogen) atoms. The SMILES string of the molecule is CNC(CN1CC2CCC(C1)O2)C(=O)O. The van der Waals surface area contributed by atoms with Crippen molar-refractivity contribution in [1.29, 1.82) is 0 Å². The van der Waals surface area contributed by atoms with Crippen LogP contribution >= 0.6 is 0 Å². The van der Waals surface area contributed by atoms with Gasteiger partial charge in [0.25, 0.3) is 0 Å². The van der Waals surface area contributed by atoms with Gasteiger partial charge >= 0.3 is 5.97 Å². The molecule has 0 aromatic carbocycles. The molecule has 5 heteroatoms. The fraction of sp³-hybridized carbons (Fsp3) is 0.900. The molecule has 3 unspecified atom stereocenters. The van der Waals surface area contributed by atoms with Crippen LogP contribution in [0, 0.1) is 0 Å². The van der Waals surface area contributed by atoms with E-state index in [0.717, 1.165) is 25.9 Å². The van der Waals surface area contributed by atoms with Crippen molar-refractivity contribution in [2.24, 2.45) is 0 Å². The maximum atomic E-state index is 10.9. The van der Waals surface area contributed by atoms with E-state index in [4.69, 9.17) is 9.84 Å². The molecule has 2 aliphatic heterocycles. The van der Waals surface area contributed by atoms with Crippen molar-refractivity contribution in [3.8, 4) is 0 Å². The average molecular weight is 214 g/mol. The number of carbonyl (C=O) groups is 1. The zero-order chi connectivity index (χ0) is 10.8. The van der Waals surface area contributed by atoms with Crippen LogP contribution in [0.5, 0.6) is 0 Å². The lowest BCUT2D eigenvalue weighted by Crippen LogP contribution is -2.50. The van der Waals surface area contributed by atoms with Gasteiger partial charge in [0.05, 0.1) is 12.2 Å². The highest BCUT2D eigenvalue weighted by Crippen LogP contribution is 2.26. The minimum Gasteiger partial charge on any atom is -0.480 e. The Morgan fingerprint density at radius 2 is 2.13 bits per heavy atom. The van der Waals surface area contributed by atoms with Crippen LogP contribution in [0.2, 0.25) is 0 Å². The summed E-state index contributed by atoms with van der Waals surface area (Å²) in [5, 5.41) is 11.7. The Morgan fingerprint density at radius 1 is 1.53 bits per heavy atom. The number of nitrogens with zero attached hydrogens (tertiary/aromatic N) is 1. The van der Waals surface area contributed by atoms with Gasteiger partial charge in [-0.3, -0.25) is 9.69 Å². The van der Waals surface area contributed by atoms with Gasteiger partial charge in [0.15, 0.2) is 0 Å². The van der Waals surface area contributed by atoms with Crippen LogP contribution in [0.25, 0.3) is 0 Å².